The second kappa shape index (κ2) is 6.44. The summed E-state index contributed by atoms with van der Waals surface area (Å²) in [5.41, 5.74) is 5.20. The van der Waals surface area contributed by atoms with Crippen LogP contribution in [0.15, 0.2) is 0 Å². The third kappa shape index (κ3) is 3.17. The van der Waals surface area contributed by atoms with Crippen LogP contribution in [0.3, 0.4) is 0 Å². The first-order chi connectivity index (χ1) is 9.48. The lowest BCUT2D eigenvalue weighted by molar-refractivity contribution is -0.124. The average molecular weight is 281 g/mol. The van der Waals surface area contributed by atoms with E-state index in [1.54, 1.807) is 0 Å². The molecule has 0 spiro atoms. The number of nitrogens with two attached hydrogens (primary N) is 1. The summed E-state index contributed by atoms with van der Waals surface area (Å²) >= 11 is 0. The van der Waals surface area contributed by atoms with E-state index in [1.807, 2.05) is 6.92 Å². The Morgan fingerprint density at radius 1 is 1.35 bits per heavy atom. The second-order valence-electron chi connectivity index (χ2n) is 6.96. The Kier molecular flexibility index (Phi) is 5.08. The maximum atomic E-state index is 11.9. The molecule has 0 aromatic rings. The number of hydrogen-bond donors (Lipinski definition) is 2. The van der Waals surface area contributed by atoms with Gasteiger partial charge in [-0.25, -0.2) is 0 Å². The molecule has 4 heteroatoms. The molecule has 2 aliphatic carbocycles. The summed E-state index contributed by atoms with van der Waals surface area (Å²) in [6.07, 6.45) is 8.16. The Morgan fingerprint density at radius 2 is 2.10 bits per heavy atom. The van der Waals surface area contributed by atoms with Crippen LogP contribution in [-0.2, 0) is 4.79 Å². The third-order valence-electron chi connectivity index (χ3n) is 5.54. The summed E-state index contributed by atoms with van der Waals surface area (Å²) in [5, 5.41) is 3.35. The van der Waals surface area contributed by atoms with Gasteiger partial charge in [-0.05, 0) is 51.6 Å². The van der Waals surface area contributed by atoms with E-state index in [0.717, 1.165) is 31.7 Å². The van der Waals surface area contributed by atoms with Crippen molar-refractivity contribution in [3.63, 3.8) is 0 Å². The largest absolute Gasteiger partial charge is 0.368 e. The van der Waals surface area contributed by atoms with Gasteiger partial charge in [0.2, 0.25) is 5.91 Å². The van der Waals surface area contributed by atoms with Gasteiger partial charge >= 0.3 is 0 Å². The van der Waals surface area contributed by atoms with Crippen molar-refractivity contribution in [3.8, 4) is 0 Å². The number of rotatable bonds is 5. The van der Waals surface area contributed by atoms with Crippen molar-refractivity contribution in [1.29, 1.82) is 0 Å². The van der Waals surface area contributed by atoms with Gasteiger partial charge in [0.1, 0.15) is 0 Å². The highest BCUT2D eigenvalue weighted by Crippen LogP contribution is 2.36. The molecule has 0 aliphatic heterocycles. The van der Waals surface area contributed by atoms with Crippen LogP contribution in [0.5, 0.6) is 0 Å². The molecule has 0 saturated heterocycles. The lowest BCUT2D eigenvalue weighted by Gasteiger charge is -2.38. The van der Waals surface area contributed by atoms with E-state index < -0.39 is 5.54 Å². The fourth-order valence-electron chi connectivity index (χ4n) is 4.25. The van der Waals surface area contributed by atoms with Crippen molar-refractivity contribution in [2.45, 2.75) is 76.4 Å². The maximum Gasteiger partial charge on any atom is 0.237 e. The molecule has 2 rings (SSSR count). The van der Waals surface area contributed by atoms with E-state index >= 15 is 0 Å². The van der Waals surface area contributed by atoms with Crippen LogP contribution < -0.4 is 11.1 Å². The fraction of sp³-hybridized carbons (Fsp3) is 0.938. The van der Waals surface area contributed by atoms with Gasteiger partial charge in [-0.2, -0.15) is 0 Å². The molecule has 4 nitrogen and oxygen atoms in total. The Balaban J connectivity index is 1.98. The molecule has 4 unspecified atom stereocenters. The SMILES string of the molecule is CCNC1(C(N)=O)CCC(N(C)C2CCCC(C)C2)C1. The van der Waals surface area contributed by atoms with Crippen LogP contribution in [-0.4, -0.2) is 42.0 Å². The van der Waals surface area contributed by atoms with E-state index in [1.165, 1.54) is 25.7 Å². The van der Waals surface area contributed by atoms with Gasteiger partial charge in [0.15, 0.2) is 0 Å². The second-order valence-corrected chi connectivity index (χ2v) is 6.96. The summed E-state index contributed by atoms with van der Waals surface area (Å²) in [6.45, 7) is 5.21. The fourth-order valence-corrected chi connectivity index (χ4v) is 4.25. The molecular formula is C16H31N3O. The summed E-state index contributed by atoms with van der Waals surface area (Å²) < 4.78 is 0. The molecule has 3 N–H and O–H groups in total. The molecule has 0 aromatic heterocycles. The van der Waals surface area contributed by atoms with E-state index in [2.05, 4.69) is 24.2 Å². The number of carbonyl (C=O) groups is 1. The average Bonchev–Trinajstić information content (AvgIpc) is 2.84. The summed E-state index contributed by atoms with van der Waals surface area (Å²) in [5.74, 6) is 0.666. The van der Waals surface area contributed by atoms with Crippen molar-refractivity contribution in [2.75, 3.05) is 13.6 Å². The van der Waals surface area contributed by atoms with Gasteiger partial charge in [0.05, 0.1) is 5.54 Å². The molecule has 0 aromatic carbocycles. The number of likely N-dealkylation sites (N-methyl/N-ethyl adjacent to an activating group) is 1. The minimum absolute atomic E-state index is 0.174. The van der Waals surface area contributed by atoms with Crippen LogP contribution in [0.1, 0.15) is 58.8 Å². The molecule has 0 heterocycles. The van der Waals surface area contributed by atoms with Gasteiger partial charge in [-0.1, -0.05) is 26.7 Å². The first-order valence-corrected chi connectivity index (χ1v) is 8.25. The predicted molar refractivity (Wildman–Crippen MR) is 82.4 cm³/mol. The van der Waals surface area contributed by atoms with Crippen LogP contribution in [0.25, 0.3) is 0 Å². The predicted octanol–water partition coefficient (Wildman–Crippen LogP) is 1.88. The van der Waals surface area contributed by atoms with E-state index in [9.17, 15) is 4.79 Å². The maximum absolute atomic E-state index is 11.9. The molecular weight excluding hydrogens is 250 g/mol. The molecule has 2 aliphatic rings. The van der Waals surface area contributed by atoms with Gasteiger partial charge in [0, 0.05) is 12.1 Å². The highest BCUT2D eigenvalue weighted by Gasteiger charge is 2.45. The molecule has 2 fully saturated rings. The van der Waals surface area contributed by atoms with Gasteiger partial charge in [-0.15, -0.1) is 0 Å². The first-order valence-electron chi connectivity index (χ1n) is 8.25. The standard InChI is InChI=1S/C16H31N3O/c1-4-18-16(15(17)20)9-8-14(11-16)19(3)13-7-5-6-12(2)10-13/h12-14,18H,4-11H2,1-3H3,(H2,17,20). The number of hydrogen-bond acceptors (Lipinski definition) is 3. The molecule has 116 valence electrons. The monoisotopic (exact) mass is 281 g/mol. The number of nitrogens with zero attached hydrogens (tertiary/aromatic N) is 1. The number of amides is 1. The lowest BCUT2D eigenvalue weighted by Crippen LogP contribution is -2.54. The van der Waals surface area contributed by atoms with Gasteiger partial charge < -0.3 is 16.0 Å². The first kappa shape index (κ1) is 15.8. The zero-order chi connectivity index (χ0) is 14.8. The van der Waals surface area contributed by atoms with Crippen LogP contribution >= 0.6 is 0 Å². The van der Waals surface area contributed by atoms with Crippen molar-refractivity contribution in [2.24, 2.45) is 11.7 Å². The summed E-state index contributed by atoms with van der Waals surface area (Å²) in [6, 6.07) is 1.19. The van der Waals surface area contributed by atoms with Crippen molar-refractivity contribution in [1.82, 2.24) is 10.2 Å². The van der Waals surface area contributed by atoms with Crippen LogP contribution in [0.2, 0.25) is 0 Å². The highest BCUT2D eigenvalue weighted by molar-refractivity contribution is 5.85. The van der Waals surface area contributed by atoms with Crippen molar-refractivity contribution in [3.05, 3.63) is 0 Å². The zero-order valence-electron chi connectivity index (χ0n) is 13.3. The Hall–Kier alpha value is -0.610. The molecule has 0 radical (unpaired) electrons. The van der Waals surface area contributed by atoms with E-state index in [-0.39, 0.29) is 5.91 Å². The Bertz CT molecular complexity index is 347. The van der Waals surface area contributed by atoms with Crippen LogP contribution in [0.4, 0.5) is 0 Å². The van der Waals surface area contributed by atoms with Crippen molar-refractivity contribution < 1.29 is 4.79 Å². The van der Waals surface area contributed by atoms with Gasteiger partial charge in [-0.3, -0.25) is 4.79 Å². The summed E-state index contributed by atoms with van der Waals surface area (Å²) in [4.78, 5) is 14.4. The van der Waals surface area contributed by atoms with Gasteiger partial charge in [0.25, 0.3) is 0 Å². The summed E-state index contributed by atoms with van der Waals surface area (Å²) in [7, 11) is 2.25. The quantitative estimate of drug-likeness (QED) is 0.809. The number of nitrogens with one attached hydrogen (secondary N) is 1. The highest BCUT2D eigenvalue weighted by atomic mass is 16.1. The van der Waals surface area contributed by atoms with Crippen LogP contribution in [0, 0.1) is 5.92 Å². The minimum atomic E-state index is -0.464. The lowest BCUT2D eigenvalue weighted by atomic mass is 9.85. The number of carbonyl (C=O) groups excluding carboxylic acids is 1. The molecule has 0 bridgehead atoms. The molecule has 2 saturated carbocycles. The minimum Gasteiger partial charge on any atom is -0.368 e. The van der Waals surface area contributed by atoms with E-state index in [0.29, 0.717) is 12.1 Å². The Labute approximate surface area is 123 Å². The third-order valence-corrected chi connectivity index (χ3v) is 5.54. The van der Waals surface area contributed by atoms with Crippen molar-refractivity contribution >= 4 is 5.91 Å². The smallest absolute Gasteiger partial charge is 0.237 e. The molecule has 4 atom stereocenters. The van der Waals surface area contributed by atoms with E-state index in [4.69, 9.17) is 5.73 Å². The number of primary amides is 1. The Morgan fingerprint density at radius 3 is 2.70 bits per heavy atom. The zero-order valence-corrected chi connectivity index (χ0v) is 13.3. The molecule has 20 heavy (non-hydrogen) atoms. The normalized spacial score (nSPS) is 38.3. The topological polar surface area (TPSA) is 58.4 Å². The molecule has 1 amide bonds.